The summed E-state index contributed by atoms with van der Waals surface area (Å²) in [7, 11) is -2.54. The smallest absolute Gasteiger partial charge is 0.264 e. The second kappa shape index (κ2) is 12.2. The van der Waals surface area contributed by atoms with Gasteiger partial charge < -0.3 is 9.30 Å². The molecule has 8 nitrogen and oxygen atoms in total. The van der Waals surface area contributed by atoms with Crippen LogP contribution in [0, 0.1) is 20.8 Å². The largest absolute Gasteiger partial charge is 0.497 e. The maximum atomic E-state index is 13.6. The van der Waals surface area contributed by atoms with Crippen LogP contribution in [0.3, 0.4) is 0 Å². The molecule has 4 rings (SSSR count). The van der Waals surface area contributed by atoms with Gasteiger partial charge in [-0.05, 0) is 81.4 Å². The molecule has 208 valence electrons. The lowest BCUT2D eigenvalue weighted by Crippen LogP contribution is -2.39. The van der Waals surface area contributed by atoms with E-state index in [4.69, 9.17) is 27.9 Å². The lowest BCUT2D eigenvalue weighted by molar-refractivity contribution is -0.119. The van der Waals surface area contributed by atoms with E-state index in [0.717, 1.165) is 32.5 Å². The number of carbonyl (C=O) groups excluding carboxylic acids is 1. The van der Waals surface area contributed by atoms with Crippen molar-refractivity contribution in [1.29, 1.82) is 0 Å². The molecule has 0 bridgehead atoms. The minimum Gasteiger partial charge on any atom is -0.497 e. The van der Waals surface area contributed by atoms with Crippen molar-refractivity contribution in [3.05, 3.63) is 105 Å². The molecule has 0 aliphatic heterocycles. The Balaban J connectivity index is 1.56. The van der Waals surface area contributed by atoms with Crippen molar-refractivity contribution >= 4 is 51.0 Å². The number of amides is 1. The van der Waals surface area contributed by atoms with Gasteiger partial charge in [0.05, 0.1) is 23.9 Å². The Hall–Kier alpha value is -3.79. The summed E-state index contributed by atoms with van der Waals surface area (Å²) < 4.78 is 35.3. The topological polar surface area (TPSA) is 93.0 Å². The van der Waals surface area contributed by atoms with Gasteiger partial charge in [0.2, 0.25) is 0 Å². The van der Waals surface area contributed by atoms with Crippen molar-refractivity contribution in [3.63, 3.8) is 0 Å². The Kier molecular flexibility index (Phi) is 8.88. The number of anilines is 1. The molecule has 0 aliphatic rings. The zero-order valence-electron chi connectivity index (χ0n) is 22.4. The zero-order chi connectivity index (χ0) is 29.0. The highest BCUT2D eigenvalue weighted by atomic mass is 35.5. The van der Waals surface area contributed by atoms with E-state index < -0.39 is 22.5 Å². The molecule has 0 unspecified atom stereocenters. The van der Waals surface area contributed by atoms with Crippen molar-refractivity contribution in [1.82, 2.24) is 9.99 Å². The first-order valence-corrected chi connectivity index (χ1v) is 14.4. The van der Waals surface area contributed by atoms with Gasteiger partial charge in [-0.3, -0.25) is 9.10 Å². The lowest BCUT2D eigenvalue weighted by Gasteiger charge is -2.24. The standard InChI is InChI=1S/C29H28Cl2N4O4S/c1-19-5-11-28(12-6-19)40(37,38)34(25-7-9-27(39-4)10-8-25)18-29(36)33-32-17-22-13-20(2)35(21(22)3)26-15-23(30)14-24(31)16-26/h5-17H,18H2,1-4H3,(H,33,36)/b32-17-. The van der Waals surface area contributed by atoms with Crippen LogP contribution in [0.1, 0.15) is 22.5 Å². The third-order valence-electron chi connectivity index (χ3n) is 6.23. The predicted molar refractivity (Wildman–Crippen MR) is 160 cm³/mol. The molecule has 0 aliphatic carbocycles. The van der Waals surface area contributed by atoms with Crippen molar-refractivity contribution in [2.75, 3.05) is 18.0 Å². The monoisotopic (exact) mass is 598 g/mol. The number of rotatable bonds is 9. The highest BCUT2D eigenvalue weighted by Crippen LogP contribution is 2.27. The van der Waals surface area contributed by atoms with E-state index in [-0.39, 0.29) is 4.90 Å². The quantitative estimate of drug-likeness (QED) is 0.187. The van der Waals surface area contributed by atoms with Gasteiger partial charge in [0.25, 0.3) is 15.9 Å². The predicted octanol–water partition coefficient (Wildman–Crippen LogP) is 6.06. The van der Waals surface area contributed by atoms with Crippen LogP contribution in [0.5, 0.6) is 5.75 Å². The molecule has 4 aromatic rings. The van der Waals surface area contributed by atoms with E-state index in [2.05, 4.69) is 10.5 Å². The van der Waals surface area contributed by atoms with Gasteiger partial charge in [-0.1, -0.05) is 40.9 Å². The Bertz CT molecular complexity index is 1650. The van der Waals surface area contributed by atoms with Crippen LogP contribution in [-0.2, 0) is 14.8 Å². The fourth-order valence-corrected chi connectivity index (χ4v) is 6.16. The maximum absolute atomic E-state index is 13.6. The number of benzene rings is 3. The van der Waals surface area contributed by atoms with Crippen LogP contribution in [-0.4, -0.2) is 38.8 Å². The molecule has 0 fully saturated rings. The number of aromatic nitrogens is 1. The number of methoxy groups -OCH3 is 1. The van der Waals surface area contributed by atoms with Crippen LogP contribution in [0.2, 0.25) is 10.0 Å². The summed E-state index contributed by atoms with van der Waals surface area (Å²) in [6.07, 6.45) is 1.51. The first kappa shape index (κ1) is 29.2. The summed E-state index contributed by atoms with van der Waals surface area (Å²) in [4.78, 5) is 13.0. The van der Waals surface area contributed by atoms with Crippen LogP contribution in [0.15, 0.2) is 82.8 Å². The molecule has 0 atom stereocenters. The van der Waals surface area contributed by atoms with Crippen LogP contribution < -0.4 is 14.5 Å². The SMILES string of the molecule is COc1ccc(N(CC(=O)N/N=C\c2cc(C)n(-c3cc(Cl)cc(Cl)c3)c2C)S(=O)(=O)c2ccc(C)cc2)cc1. The molecule has 1 N–H and O–H groups in total. The van der Waals surface area contributed by atoms with Crippen molar-refractivity contribution < 1.29 is 17.9 Å². The number of hydrogen-bond donors (Lipinski definition) is 1. The van der Waals surface area contributed by atoms with E-state index >= 15 is 0 Å². The van der Waals surface area contributed by atoms with E-state index in [9.17, 15) is 13.2 Å². The Morgan fingerprint density at radius 2 is 1.60 bits per heavy atom. The minimum absolute atomic E-state index is 0.0683. The first-order chi connectivity index (χ1) is 19.0. The Labute approximate surface area is 243 Å². The molecule has 40 heavy (non-hydrogen) atoms. The third kappa shape index (κ3) is 6.50. The van der Waals surface area contributed by atoms with Gasteiger partial charge in [-0.15, -0.1) is 0 Å². The number of hydrogen-bond acceptors (Lipinski definition) is 5. The second-order valence-electron chi connectivity index (χ2n) is 9.11. The summed E-state index contributed by atoms with van der Waals surface area (Å²) in [6, 6.07) is 20.0. The van der Waals surface area contributed by atoms with Gasteiger partial charge >= 0.3 is 0 Å². The maximum Gasteiger partial charge on any atom is 0.264 e. The molecule has 1 aromatic heterocycles. The van der Waals surface area contributed by atoms with Crippen LogP contribution in [0.4, 0.5) is 5.69 Å². The highest BCUT2D eigenvalue weighted by molar-refractivity contribution is 7.92. The number of nitrogens with zero attached hydrogens (tertiary/aromatic N) is 3. The van der Waals surface area contributed by atoms with E-state index in [1.807, 2.05) is 31.4 Å². The lowest BCUT2D eigenvalue weighted by atomic mass is 10.2. The molecular weight excluding hydrogens is 571 g/mol. The average molecular weight is 600 g/mol. The van der Waals surface area contributed by atoms with E-state index in [0.29, 0.717) is 21.5 Å². The molecular formula is C29H28Cl2N4O4S. The van der Waals surface area contributed by atoms with Gasteiger partial charge in [-0.25, -0.2) is 13.8 Å². The Morgan fingerprint density at radius 1 is 0.975 bits per heavy atom. The number of sulfonamides is 1. The van der Waals surface area contributed by atoms with Gasteiger partial charge in [0.1, 0.15) is 12.3 Å². The molecule has 0 saturated heterocycles. The van der Waals surface area contributed by atoms with Crippen molar-refractivity contribution in [2.45, 2.75) is 25.7 Å². The molecule has 11 heteroatoms. The number of carbonyl (C=O) groups is 1. The van der Waals surface area contributed by atoms with Crippen LogP contribution in [0.25, 0.3) is 5.69 Å². The summed E-state index contributed by atoms with van der Waals surface area (Å²) >= 11 is 12.4. The highest BCUT2D eigenvalue weighted by Gasteiger charge is 2.27. The average Bonchev–Trinajstić information content (AvgIpc) is 3.19. The number of halogens is 2. The molecule has 1 heterocycles. The molecule has 3 aromatic carbocycles. The molecule has 0 radical (unpaired) electrons. The second-order valence-corrected chi connectivity index (χ2v) is 11.8. The first-order valence-electron chi connectivity index (χ1n) is 12.2. The number of aryl methyl sites for hydroxylation is 2. The van der Waals surface area contributed by atoms with Gasteiger partial charge in [-0.2, -0.15) is 5.10 Å². The summed E-state index contributed by atoms with van der Waals surface area (Å²) in [5.74, 6) is -0.0543. The zero-order valence-corrected chi connectivity index (χ0v) is 24.7. The van der Waals surface area contributed by atoms with Gasteiger partial charge in [0, 0.05) is 32.7 Å². The number of ether oxygens (including phenoxy) is 1. The summed E-state index contributed by atoms with van der Waals surface area (Å²) in [6.45, 7) is 5.22. The normalized spacial score (nSPS) is 11.6. The summed E-state index contributed by atoms with van der Waals surface area (Å²) in [5, 5.41) is 5.12. The van der Waals surface area contributed by atoms with E-state index in [1.54, 1.807) is 54.6 Å². The molecule has 1 amide bonds. The fourth-order valence-electron chi connectivity index (χ4n) is 4.22. The van der Waals surface area contributed by atoms with Crippen molar-refractivity contribution in [2.24, 2.45) is 5.10 Å². The summed E-state index contributed by atoms with van der Waals surface area (Å²) in [5.41, 5.74) is 7.00. The van der Waals surface area contributed by atoms with Gasteiger partial charge in [0.15, 0.2) is 0 Å². The van der Waals surface area contributed by atoms with Crippen LogP contribution >= 0.6 is 23.2 Å². The fraction of sp³-hybridized carbons (Fsp3) is 0.172. The molecule has 0 spiro atoms. The Morgan fingerprint density at radius 3 is 2.20 bits per heavy atom. The third-order valence-corrected chi connectivity index (χ3v) is 8.45. The minimum atomic E-state index is -4.05. The van der Waals surface area contributed by atoms with E-state index in [1.165, 1.54) is 25.5 Å². The number of hydrazone groups is 1. The number of nitrogens with one attached hydrogen (secondary N) is 1. The molecule has 0 saturated carbocycles. The van der Waals surface area contributed by atoms with Crippen molar-refractivity contribution in [3.8, 4) is 11.4 Å².